The van der Waals surface area contributed by atoms with Crippen molar-refractivity contribution in [2.24, 2.45) is 0 Å². The Morgan fingerprint density at radius 1 is 1.29 bits per heavy atom. The summed E-state index contributed by atoms with van der Waals surface area (Å²) in [5.74, 6) is 0.274. The number of amides is 1. The topological polar surface area (TPSA) is 46.4 Å². The van der Waals surface area contributed by atoms with Gasteiger partial charge in [-0.2, -0.15) is 0 Å². The summed E-state index contributed by atoms with van der Waals surface area (Å²) in [5, 5.41) is 7.85. The highest BCUT2D eigenvalue weighted by atomic mass is 16.2. The fourth-order valence-corrected chi connectivity index (χ4v) is 3.38. The molecule has 0 saturated carbocycles. The lowest BCUT2D eigenvalue weighted by Crippen LogP contribution is -2.59. The molecule has 1 aromatic rings. The Hall–Kier alpha value is -1.39. The third-order valence-electron chi connectivity index (χ3n) is 4.62. The number of piperazine rings is 1. The highest BCUT2D eigenvalue weighted by Gasteiger charge is 2.43. The van der Waals surface area contributed by atoms with Gasteiger partial charge in [0.15, 0.2) is 0 Å². The molecule has 0 unspecified atom stereocenters. The van der Waals surface area contributed by atoms with E-state index in [2.05, 4.69) is 41.8 Å². The van der Waals surface area contributed by atoms with E-state index in [4.69, 9.17) is 0 Å². The first-order valence-electron chi connectivity index (χ1n) is 7.93. The van der Waals surface area contributed by atoms with Gasteiger partial charge in [0.1, 0.15) is 5.54 Å². The zero-order valence-corrected chi connectivity index (χ0v) is 12.8. The van der Waals surface area contributed by atoms with Gasteiger partial charge in [0.05, 0.1) is 0 Å². The third kappa shape index (κ3) is 3.11. The molecular formula is C17H24N3O. The van der Waals surface area contributed by atoms with Gasteiger partial charge in [-0.1, -0.05) is 29.8 Å². The van der Waals surface area contributed by atoms with Gasteiger partial charge in [0.2, 0.25) is 5.91 Å². The zero-order valence-electron chi connectivity index (χ0n) is 12.8. The number of benzene rings is 1. The summed E-state index contributed by atoms with van der Waals surface area (Å²) < 4.78 is 0. The van der Waals surface area contributed by atoms with Crippen molar-refractivity contribution >= 4 is 5.91 Å². The molecule has 1 aromatic carbocycles. The molecule has 3 rings (SSSR count). The molecule has 1 radical (unpaired) electrons. The van der Waals surface area contributed by atoms with Gasteiger partial charge in [0.25, 0.3) is 0 Å². The fraction of sp³-hybridized carbons (Fsp3) is 0.588. The predicted molar refractivity (Wildman–Crippen MR) is 83.3 cm³/mol. The van der Waals surface area contributed by atoms with E-state index in [1.54, 1.807) is 0 Å². The molecule has 0 spiro atoms. The molecule has 0 aromatic heterocycles. The molecule has 2 aliphatic rings. The summed E-state index contributed by atoms with van der Waals surface area (Å²) in [4.78, 5) is 15.0. The Bertz CT molecular complexity index is 485. The van der Waals surface area contributed by atoms with Gasteiger partial charge >= 0.3 is 0 Å². The van der Waals surface area contributed by atoms with Crippen LogP contribution in [0.1, 0.15) is 24.0 Å². The van der Waals surface area contributed by atoms with Crippen LogP contribution in [0.3, 0.4) is 0 Å². The maximum atomic E-state index is 13.0. The van der Waals surface area contributed by atoms with E-state index in [0.717, 1.165) is 52.0 Å². The molecule has 4 nitrogen and oxygen atoms in total. The van der Waals surface area contributed by atoms with Crippen LogP contribution in [-0.2, 0) is 11.2 Å². The van der Waals surface area contributed by atoms with Crippen molar-refractivity contribution < 1.29 is 4.79 Å². The standard InChI is InChI=1S/C17H24N3O/c1-14-3-5-15(6-4-14)13-17(7-2-8-19-17)16(21)20-11-9-18-10-12-20/h3-6,19H,2,7-13H2,1H3/t17-/m0/s1. The number of hydrogen-bond donors (Lipinski definition) is 1. The van der Waals surface area contributed by atoms with Crippen molar-refractivity contribution in [3.05, 3.63) is 35.4 Å². The molecule has 2 heterocycles. The van der Waals surface area contributed by atoms with Crippen LogP contribution in [0.15, 0.2) is 24.3 Å². The average Bonchev–Trinajstić information content (AvgIpc) is 2.99. The van der Waals surface area contributed by atoms with E-state index in [-0.39, 0.29) is 5.91 Å². The van der Waals surface area contributed by atoms with Gasteiger partial charge < -0.3 is 10.2 Å². The van der Waals surface area contributed by atoms with E-state index in [1.165, 1.54) is 11.1 Å². The molecular weight excluding hydrogens is 262 g/mol. The van der Waals surface area contributed by atoms with Crippen LogP contribution in [0.2, 0.25) is 0 Å². The average molecular weight is 286 g/mol. The first-order chi connectivity index (χ1) is 10.2. The Balaban J connectivity index is 1.78. The minimum atomic E-state index is -0.396. The van der Waals surface area contributed by atoms with E-state index >= 15 is 0 Å². The van der Waals surface area contributed by atoms with Crippen molar-refractivity contribution in [3.63, 3.8) is 0 Å². The molecule has 2 aliphatic heterocycles. The van der Waals surface area contributed by atoms with Crippen molar-refractivity contribution in [1.29, 1.82) is 0 Å². The summed E-state index contributed by atoms with van der Waals surface area (Å²) >= 11 is 0. The molecule has 1 amide bonds. The normalized spacial score (nSPS) is 26.0. The third-order valence-corrected chi connectivity index (χ3v) is 4.62. The molecule has 1 N–H and O–H groups in total. The Morgan fingerprint density at radius 3 is 2.62 bits per heavy atom. The lowest BCUT2D eigenvalue weighted by molar-refractivity contribution is -0.138. The minimum Gasteiger partial charge on any atom is -0.338 e. The second-order valence-electron chi connectivity index (χ2n) is 6.24. The van der Waals surface area contributed by atoms with Crippen molar-refractivity contribution in [1.82, 2.24) is 15.5 Å². The molecule has 113 valence electrons. The quantitative estimate of drug-likeness (QED) is 0.904. The fourth-order valence-electron chi connectivity index (χ4n) is 3.38. The SMILES string of the molecule is Cc1ccc(C[C@]2(C(=O)N3CC[N]CC3)CCCN2)cc1. The number of nitrogens with one attached hydrogen (secondary N) is 1. The summed E-state index contributed by atoms with van der Waals surface area (Å²) in [6, 6.07) is 8.55. The van der Waals surface area contributed by atoms with E-state index in [0.29, 0.717) is 0 Å². The number of rotatable bonds is 3. The van der Waals surface area contributed by atoms with E-state index in [9.17, 15) is 4.79 Å². The monoisotopic (exact) mass is 286 g/mol. The maximum absolute atomic E-state index is 13.0. The van der Waals surface area contributed by atoms with Crippen LogP contribution in [0.5, 0.6) is 0 Å². The van der Waals surface area contributed by atoms with Crippen molar-refractivity contribution in [2.45, 2.75) is 31.7 Å². The predicted octanol–water partition coefficient (Wildman–Crippen LogP) is 1.11. The van der Waals surface area contributed by atoms with Gasteiger partial charge in [-0.25, -0.2) is 5.32 Å². The van der Waals surface area contributed by atoms with Crippen LogP contribution in [-0.4, -0.2) is 49.1 Å². The molecule has 0 aliphatic carbocycles. The Labute approximate surface area is 126 Å². The second-order valence-corrected chi connectivity index (χ2v) is 6.24. The first-order valence-corrected chi connectivity index (χ1v) is 7.93. The van der Waals surface area contributed by atoms with Crippen LogP contribution in [0, 0.1) is 6.92 Å². The van der Waals surface area contributed by atoms with Crippen LogP contribution in [0.4, 0.5) is 0 Å². The molecule has 21 heavy (non-hydrogen) atoms. The largest absolute Gasteiger partial charge is 0.338 e. The Kier molecular flexibility index (Phi) is 4.27. The molecule has 2 saturated heterocycles. The summed E-state index contributed by atoms with van der Waals surface area (Å²) in [7, 11) is 0. The highest BCUT2D eigenvalue weighted by molar-refractivity contribution is 5.87. The zero-order chi connectivity index (χ0) is 14.7. The van der Waals surface area contributed by atoms with Crippen LogP contribution < -0.4 is 10.6 Å². The molecule has 2 fully saturated rings. The van der Waals surface area contributed by atoms with Crippen LogP contribution >= 0.6 is 0 Å². The van der Waals surface area contributed by atoms with E-state index in [1.807, 2.05) is 4.90 Å². The minimum absolute atomic E-state index is 0.274. The van der Waals surface area contributed by atoms with Crippen molar-refractivity contribution in [2.75, 3.05) is 32.7 Å². The first kappa shape index (κ1) is 14.5. The number of carbonyl (C=O) groups excluding carboxylic acids is 1. The van der Waals surface area contributed by atoms with Gasteiger partial charge in [0, 0.05) is 26.2 Å². The van der Waals surface area contributed by atoms with Gasteiger partial charge in [-0.15, -0.1) is 0 Å². The van der Waals surface area contributed by atoms with Crippen molar-refractivity contribution in [3.8, 4) is 0 Å². The number of hydrogen-bond acceptors (Lipinski definition) is 2. The summed E-state index contributed by atoms with van der Waals surface area (Å²) in [6.07, 6.45) is 2.81. The number of nitrogens with zero attached hydrogens (tertiary/aromatic N) is 2. The highest BCUT2D eigenvalue weighted by Crippen LogP contribution is 2.27. The lowest BCUT2D eigenvalue weighted by Gasteiger charge is -2.36. The smallest absolute Gasteiger partial charge is 0.243 e. The lowest BCUT2D eigenvalue weighted by atomic mass is 9.87. The number of aryl methyl sites for hydroxylation is 1. The molecule has 4 heteroatoms. The molecule has 0 bridgehead atoms. The second kappa shape index (κ2) is 6.16. The summed E-state index contributed by atoms with van der Waals surface area (Å²) in [5.41, 5.74) is 2.10. The van der Waals surface area contributed by atoms with E-state index < -0.39 is 5.54 Å². The number of carbonyl (C=O) groups is 1. The molecule has 1 atom stereocenters. The Morgan fingerprint density at radius 2 is 2.00 bits per heavy atom. The maximum Gasteiger partial charge on any atom is 0.243 e. The summed E-state index contributed by atoms with van der Waals surface area (Å²) in [6.45, 7) is 6.15. The van der Waals surface area contributed by atoms with Gasteiger partial charge in [-0.3, -0.25) is 4.79 Å². The van der Waals surface area contributed by atoms with Crippen LogP contribution in [0.25, 0.3) is 0 Å². The van der Waals surface area contributed by atoms with Gasteiger partial charge in [-0.05, 0) is 38.3 Å².